The van der Waals surface area contributed by atoms with Gasteiger partial charge in [-0.3, -0.25) is 14.5 Å². The molecule has 2 aliphatic heterocycles. The van der Waals surface area contributed by atoms with Gasteiger partial charge in [0.15, 0.2) is 0 Å². The summed E-state index contributed by atoms with van der Waals surface area (Å²) in [6.07, 6.45) is 3.69. The van der Waals surface area contributed by atoms with Crippen molar-refractivity contribution in [2.24, 2.45) is 0 Å². The van der Waals surface area contributed by atoms with E-state index in [2.05, 4.69) is 11.8 Å². The van der Waals surface area contributed by atoms with Crippen LogP contribution in [0.25, 0.3) is 0 Å². The van der Waals surface area contributed by atoms with Crippen LogP contribution in [0.5, 0.6) is 5.75 Å². The van der Waals surface area contributed by atoms with Crippen LogP contribution in [0.3, 0.4) is 0 Å². The first-order chi connectivity index (χ1) is 10.6. The molecule has 1 aromatic rings. The maximum absolute atomic E-state index is 12.7. The van der Waals surface area contributed by atoms with Crippen molar-refractivity contribution in [2.75, 3.05) is 18.6 Å². The van der Waals surface area contributed by atoms with Gasteiger partial charge in [-0.25, -0.2) is 4.90 Å². The van der Waals surface area contributed by atoms with E-state index in [0.29, 0.717) is 17.5 Å². The monoisotopic (exact) mass is 302 g/mol. The summed E-state index contributed by atoms with van der Waals surface area (Å²) < 4.78 is 5.12. The molecule has 0 radical (unpaired) electrons. The van der Waals surface area contributed by atoms with Crippen LogP contribution >= 0.6 is 0 Å². The molecule has 0 bridgehead atoms. The third kappa shape index (κ3) is 2.61. The van der Waals surface area contributed by atoms with E-state index < -0.39 is 0 Å². The fourth-order valence-corrected chi connectivity index (χ4v) is 3.46. The number of carbonyl (C=O) groups is 2. The summed E-state index contributed by atoms with van der Waals surface area (Å²) >= 11 is 0. The Morgan fingerprint density at radius 1 is 1.14 bits per heavy atom. The van der Waals surface area contributed by atoms with Crippen LogP contribution in [0.4, 0.5) is 5.69 Å². The highest BCUT2D eigenvalue weighted by Gasteiger charge is 2.44. The molecule has 0 spiro atoms. The van der Waals surface area contributed by atoms with Crippen molar-refractivity contribution in [1.29, 1.82) is 0 Å². The quantitative estimate of drug-likeness (QED) is 0.803. The number of amides is 2. The van der Waals surface area contributed by atoms with Crippen molar-refractivity contribution < 1.29 is 14.3 Å². The third-order valence-electron chi connectivity index (χ3n) is 4.71. The van der Waals surface area contributed by atoms with Gasteiger partial charge in [0.2, 0.25) is 5.91 Å². The van der Waals surface area contributed by atoms with Crippen LogP contribution < -0.4 is 9.64 Å². The number of likely N-dealkylation sites (tertiary alicyclic amines) is 1. The van der Waals surface area contributed by atoms with E-state index >= 15 is 0 Å². The first kappa shape index (κ1) is 15.0. The van der Waals surface area contributed by atoms with Crippen LogP contribution in [-0.4, -0.2) is 42.5 Å². The van der Waals surface area contributed by atoms with Crippen molar-refractivity contribution in [2.45, 2.75) is 44.7 Å². The van der Waals surface area contributed by atoms with E-state index in [0.717, 1.165) is 19.4 Å². The van der Waals surface area contributed by atoms with Crippen molar-refractivity contribution in [3.63, 3.8) is 0 Å². The zero-order chi connectivity index (χ0) is 15.7. The average Bonchev–Trinajstić information content (AvgIpc) is 2.83. The lowest BCUT2D eigenvalue weighted by molar-refractivity contribution is -0.123. The van der Waals surface area contributed by atoms with E-state index in [4.69, 9.17) is 4.74 Å². The lowest BCUT2D eigenvalue weighted by Crippen LogP contribution is -2.48. The maximum atomic E-state index is 12.7. The number of ether oxygens (including phenoxy) is 1. The van der Waals surface area contributed by atoms with Crippen molar-refractivity contribution in [3.8, 4) is 5.75 Å². The number of piperidine rings is 1. The molecule has 0 aromatic heterocycles. The summed E-state index contributed by atoms with van der Waals surface area (Å²) in [6.45, 7) is 3.05. The van der Waals surface area contributed by atoms with Crippen LogP contribution in [0.15, 0.2) is 24.3 Å². The van der Waals surface area contributed by atoms with E-state index in [1.165, 1.54) is 11.3 Å². The van der Waals surface area contributed by atoms with Crippen LogP contribution in [-0.2, 0) is 9.59 Å². The molecule has 5 heteroatoms. The summed E-state index contributed by atoms with van der Waals surface area (Å²) in [5.41, 5.74) is 0.628. The van der Waals surface area contributed by atoms with Crippen molar-refractivity contribution in [1.82, 2.24) is 4.90 Å². The van der Waals surface area contributed by atoms with Crippen LogP contribution in [0.2, 0.25) is 0 Å². The van der Waals surface area contributed by atoms with Gasteiger partial charge in [0.05, 0.1) is 25.3 Å². The summed E-state index contributed by atoms with van der Waals surface area (Å²) in [6, 6.07) is 7.13. The van der Waals surface area contributed by atoms with E-state index in [9.17, 15) is 9.59 Å². The Morgan fingerprint density at radius 2 is 1.86 bits per heavy atom. The Hall–Kier alpha value is -1.88. The number of hydrogen-bond donors (Lipinski definition) is 0. The summed E-state index contributed by atoms with van der Waals surface area (Å²) in [4.78, 5) is 28.6. The molecule has 0 saturated carbocycles. The standard InChI is InChI=1S/C17H22N2O3/c1-12-5-3-4-10-18(12)15-11-16(20)19(17(15)21)13-6-8-14(22-2)9-7-13/h6-9,12,15H,3-5,10-11H2,1-2H3/t12-,15+/m1/s1. The highest BCUT2D eigenvalue weighted by atomic mass is 16.5. The Labute approximate surface area is 130 Å². The SMILES string of the molecule is COc1ccc(N2C(=O)C[C@H](N3CCCC[C@H]3C)C2=O)cc1. The molecule has 0 unspecified atom stereocenters. The minimum Gasteiger partial charge on any atom is -0.497 e. The second-order valence-electron chi connectivity index (χ2n) is 6.07. The number of nitrogens with zero attached hydrogens (tertiary/aromatic N) is 2. The van der Waals surface area contributed by atoms with Gasteiger partial charge in [-0.05, 0) is 50.6 Å². The van der Waals surface area contributed by atoms with Gasteiger partial charge in [-0.15, -0.1) is 0 Å². The number of anilines is 1. The fourth-order valence-electron chi connectivity index (χ4n) is 3.46. The molecule has 2 fully saturated rings. The Bertz CT molecular complexity index is 570. The van der Waals surface area contributed by atoms with E-state index in [-0.39, 0.29) is 24.3 Å². The number of methoxy groups -OCH3 is 1. The molecular weight excluding hydrogens is 280 g/mol. The predicted octanol–water partition coefficient (Wildman–Crippen LogP) is 2.20. The first-order valence-corrected chi connectivity index (χ1v) is 7.88. The molecule has 2 atom stereocenters. The molecule has 0 aliphatic carbocycles. The lowest BCUT2D eigenvalue weighted by atomic mass is 10.0. The van der Waals surface area contributed by atoms with Gasteiger partial charge in [0.25, 0.3) is 5.91 Å². The molecule has 22 heavy (non-hydrogen) atoms. The number of benzene rings is 1. The minimum absolute atomic E-state index is 0.0936. The third-order valence-corrected chi connectivity index (χ3v) is 4.71. The molecule has 2 aliphatic rings. The van der Waals surface area contributed by atoms with Gasteiger partial charge >= 0.3 is 0 Å². The highest BCUT2D eigenvalue weighted by Crippen LogP contribution is 2.30. The second-order valence-corrected chi connectivity index (χ2v) is 6.07. The normalized spacial score (nSPS) is 26.5. The molecule has 5 nitrogen and oxygen atoms in total. The smallest absolute Gasteiger partial charge is 0.251 e. The molecule has 3 rings (SSSR count). The van der Waals surface area contributed by atoms with Crippen molar-refractivity contribution >= 4 is 17.5 Å². The summed E-state index contributed by atoms with van der Waals surface area (Å²) in [5.74, 6) is 0.505. The number of hydrogen-bond acceptors (Lipinski definition) is 4. The number of rotatable bonds is 3. The average molecular weight is 302 g/mol. The van der Waals surface area contributed by atoms with Gasteiger partial charge in [-0.2, -0.15) is 0 Å². The first-order valence-electron chi connectivity index (χ1n) is 7.88. The minimum atomic E-state index is -0.301. The lowest BCUT2D eigenvalue weighted by Gasteiger charge is -2.36. The predicted molar refractivity (Wildman–Crippen MR) is 83.9 cm³/mol. The number of carbonyl (C=O) groups excluding carboxylic acids is 2. The largest absolute Gasteiger partial charge is 0.497 e. The topological polar surface area (TPSA) is 49.9 Å². The van der Waals surface area contributed by atoms with Gasteiger partial charge in [0.1, 0.15) is 5.75 Å². The Balaban J connectivity index is 1.81. The van der Waals surface area contributed by atoms with Gasteiger partial charge in [0, 0.05) is 6.04 Å². The number of imide groups is 1. The zero-order valence-corrected chi connectivity index (χ0v) is 13.1. The van der Waals surface area contributed by atoms with E-state index in [1.807, 2.05) is 0 Å². The van der Waals surface area contributed by atoms with Crippen LogP contribution in [0, 0.1) is 0 Å². The summed E-state index contributed by atoms with van der Waals surface area (Å²) in [7, 11) is 1.59. The van der Waals surface area contributed by atoms with Crippen LogP contribution in [0.1, 0.15) is 32.6 Å². The van der Waals surface area contributed by atoms with Gasteiger partial charge in [-0.1, -0.05) is 6.42 Å². The molecular formula is C17H22N2O3. The highest BCUT2D eigenvalue weighted by molar-refractivity contribution is 6.22. The zero-order valence-electron chi connectivity index (χ0n) is 13.1. The molecule has 0 N–H and O–H groups in total. The fraction of sp³-hybridized carbons (Fsp3) is 0.529. The van der Waals surface area contributed by atoms with Crippen molar-refractivity contribution in [3.05, 3.63) is 24.3 Å². The molecule has 118 valence electrons. The maximum Gasteiger partial charge on any atom is 0.251 e. The van der Waals surface area contributed by atoms with Gasteiger partial charge < -0.3 is 4.74 Å². The molecule has 2 amide bonds. The van der Waals surface area contributed by atoms with E-state index in [1.54, 1.807) is 31.4 Å². The Morgan fingerprint density at radius 3 is 2.50 bits per heavy atom. The summed E-state index contributed by atoms with van der Waals surface area (Å²) in [5, 5.41) is 0. The molecule has 1 aromatic carbocycles. The Kier molecular flexibility index (Phi) is 4.16. The molecule has 2 saturated heterocycles. The molecule has 2 heterocycles. The second kappa shape index (κ2) is 6.08.